The van der Waals surface area contributed by atoms with Crippen molar-refractivity contribution in [3.05, 3.63) is 18.2 Å². The maximum Gasteiger partial charge on any atom is 0.122 e. The Balaban J connectivity index is 0.000000292. The van der Waals surface area contributed by atoms with Crippen LogP contribution < -0.4 is 0 Å². The Hall–Kier alpha value is -1.42. The molecular weight excluding hydrogens is 184 g/mol. The molecule has 1 rings (SSSR count). The topological polar surface area (TPSA) is 69.9 Å². The van der Waals surface area contributed by atoms with Gasteiger partial charge in [0, 0.05) is 31.4 Å². The molecule has 0 aliphatic rings. The van der Waals surface area contributed by atoms with Gasteiger partial charge in [-0.3, -0.25) is 0 Å². The molecule has 0 atom stereocenters. The molecular formula is C10H16O4. The lowest BCUT2D eigenvalue weighted by molar-refractivity contribution is 0.162. The molecule has 14 heavy (non-hydrogen) atoms. The highest BCUT2D eigenvalue weighted by molar-refractivity contribution is 5.39. The maximum atomic E-state index is 8.67. The highest BCUT2D eigenvalue weighted by Gasteiger charge is 1.94. The number of phenolic OH excluding ortho intramolecular Hbond substituents is 3. The minimum atomic E-state index is -0.146. The van der Waals surface area contributed by atoms with Gasteiger partial charge >= 0.3 is 0 Å². The Bertz CT molecular complexity index is 208. The van der Waals surface area contributed by atoms with Crippen molar-refractivity contribution in [2.75, 3.05) is 13.2 Å². The van der Waals surface area contributed by atoms with Crippen LogP contribution in [-0.2, 0) is 4.74 Å². The molecule has 0 unspecified atom stereocenters. The molecule has 3 N–H and O–H groups in total. The Morgan fingerprint density at radius 2 is 1.14 bits per heavy atom. The molecule has 80 valence electrons. The first kappa shape index (κ1) is 12.6. The van der Waals surface area contributed by atoms with Gasteiger partial charge < -0.3 is 20.1 Å². The van der Waals surface area contributed by atoms with E-state index in [0.29, 0.717) is 0 Å². The summed E-state index contributed by atoms with van der Waals surface area (Å²) >= 11 is 0. The monoisotopic (exact) mass is 200 g/mol. The van der Waals surface area contributed by atoms with Gasteiger partial charge in [0.05, 0.1) is 0 Å². The Labute approximate surface area is 83.4 Å². The second-order valence-electron chi connectivity index (χ2n) is 2.49. The zero-order valence-corrected chi connectivity index (χ0v) is 8.40. The second kappa shape index (κ2) is 7.03. The maximum absolute atomic E-state index is 8.67. The summed E-state index contributed by atoms with van der Waals surface area (Å²) in [5.41, 5.74) is 0. The molecule has 0 radical (unpaired) electrons. The van der Waals surface area contributed by atoms with Crippen molar-refractivity contribution in [2.24, 2.45) is 0 Å². The van der Waals surface area contributed by atoms with Crippen LogP contribution >= 0.6 is 0 Å². The smallest absolute Gasteiger partial charge is 0.122 e. The lowest BCUT2D eigenvalue weighted by Gasteiger charge is -1.94. The van der Waals surface area contributed by atoms with Crippen LogP contribution in [0.25, 0.3) is 0 Å². The Kier molecular flexibility index (Phi) is 6.32. The van der Waals surface area contributed by atoms with Crippen molar-refractivity contribution >= 4 is 0 Å². The molecule has 4 heteroatoms. The number of aromatic hydroxyl groups is 3. The fourth-order valence-corrected chi connectivity index (χ4v) is 0.784. The van der Waals surface area contributed by atoms with Gasteiger partial charge in [-0.25, -0.2) is 0 Å². The van der Waals surface area contributed by atoms with Crippen molar-refractivity contribution in [3.63, 3.8) is 0 Å². The van der Waals surface area contributed by atoms with Gasteiger partial charge in [0.15, 0.2) is 0 Å². The third kappa shape index (κ3) is 6.14. The molecule has 0 aromatic heterocycles. The van der Waals surface area contributed by atoms with Crippen molar-refractivity contribution in [1.29, 1.82) is 0 Å². The molecule has 0 aliphatic carbocycles. The van der Waals surface area contributed by atoms with Crippen LogP contribution in [0.3, 0.4) is 0 Å². The van der Waals surface area contributed by atoms with Gasteiger partial charge in [-0.1, -0.05) is 0 Å². The summed E-state index contributed by atoms with van der Waals surface area (Å²) in [6.45, 7) is 5.67. The third-order valence-electron chi connectivity index (χ3n) is 1.30. The van der Waals surface area contributed by atoms with E-state index in [0.717, 1.165) is 31.4 Å². The number of ether oxygens (including phenoxy) is 1. The fourth-order valence-electron chi connectivity index (χ4n) is 0.784. The van der Waals surface area contributed by atoms with Gasteiger partial charge in [-0.15, -0.1) is 0 Å². The van der Waals surface area contributed by atoms with Gasteiger partial charge in [-0.2, -0.15) is 0 Å². The summed E-state index contributed by atoms with van der Waals surface area (Å²) in [7, 11) is 0. The van der Waals surface area contributed by atoms with E-state index in [2.05, 4.69) is 0 Å². The molecule has 0 saturated carbocycles. The predicted molar refractivity (Wildman–Crippen MR) is 53.6 cm³/mol. The van der Waals surface area contributed by atoms with Crippen LogP contribution in [0.1, 0.15) is 13.8 Å². The van der Waals surface area contributed by atoms with E-state index in [9.17, 15) is 0 Å². The number of phenols is 3. The lowest BCUT2D eigenvalue weighted by atomic mass is 10.3. The SMILES string of the molecule is CCOCC.Oc1cc(O)cc(O)c1. The van der Waals surface area contributed by atoms with E-state index in [1.54, 1.807) is 0 Å². The highest BCUT2D eigenvalue weighted by Crippen LogP contribution is 2.23. The van der Waals surface area contributed by atoms with E-state index in [4.69, 9.17) is 20.1 Å². The van der Waals surface area contributed by atoms with E-state index in [1.807, 2.05) is 13.8 Å². The van der Waals surface area contributed by atoms with Gasteiger partial charge in [-0.05, 0) is 13.8 Å². The van der Waals surface area contributed by atoms with E-state index < -0.39 is 0 Å². The standard InChI is InChI=1S/C6H6O3.C4H10O/c7-4-1-5(8)3-6(9)2-4;1-3-5-4-2/h1-3,7-9H;3-4H2,1-2H3. The van der Waals surface area contributed by atoms with Crippen LogP contribution in [0.15, 0.2) is 18.2 Å². The second-order valence-corrected chi connectivity index (χ2v) is 2.49. The number of benzene rings is 1. The number of rotatable bonds is 2. The fraction of sp³-hybridized carbons (Fsp3) is 0.400. The zero-order valence-electron chi connectivity index (χ0n) is 8.40. The molecule has 0 amide bonds. The molecule has 0 bridgehead atoms. The lowest BCUT2D eigenvalue weighted by Crippen LogP contribution is -1.84. The van der Waals surface area contributed by atoms with Crippen molar-refractivity contribution < 1.29 is 20.1 Å². The minimum absolute atomic E-state index is 0.146. The van der Waals surface area contributed by atoms with Crippen molar-refractivity contribution in [2.45, 2.75) is 13.8 Å². The normalized spacial score (nSPS) is 9.00. The van der Waals surface area contributed by atoms with Crippen LogP contribution in [0.5, 0.6) is 17.2 Å². The Morgan fingerprint density at radius 3 is 1.29 bits per heavy atom. The predicted octanol–water partition coefficient (Wildman–Crippen LogP) is 1.85. The van der Waals surface area contributed by atoms with Crippen LogP contribution in [-0.4, -0.2) is 28.5 Å². The molecule has 0 fully saturated rings. The van der Waals surface area contributed by atoms with Gasteiger partial charge in [0.1, 0.15) is 17.2 Å². The number of hydrogen-bond donors (Lipinski definition) is 3. The van der Waals surface area contributed by atoms with E-state index in [1.165, 1.54) is 0 Å². The average molecular weight is 200 g/mol. The molecule has 0 heterocycles. The molecule has 1 aromatic rings. The Morgan fingerprint density at radius 1 is 0.857 bits per heavy atom. The molecule has 4 nitrogen and oxygen atoms in total. The van der Waals surface area contributed by atoms with Crippen molar-refractivity contribution in [3.8, 4) is 17.2 Å². The minimum Gasteiger partial charge on any atom is -0.508 e. The van der Waals surface area contributed by atoms with E-state index >= 15 is 0 Å². The summed E-state index contributed by atoms with van der Waals surface area (Å²) in [5, 5.41) is 26.0. The number of hydrogen-bond acceptors (Lipinski definition) is 4. The van der Waals surface area contributed by atoms with Gasteiger partial charge in [0.2, 0.25) is 0 Å². The van der Waals surface area contributed by atoms with Crippen LogP contribution in [0, 0.1) is 0 Å². The van der Waals surface area contributed by atoms with E-state index in [-0.39, 0.29) is 17.2 Å². The summed E-state index contributed by atoms with van der Waals surface area (Å²) in [6.07, 6.45) is 0. The molecule has 1 aromatic carbocycles. The molecule has 0 aliphatic heterocycles. The quantitative estimate of drug-likeness (QED) is 0.681. The summed E-state index contributed by atoms with van der Waals surface area (Å²) in [4.78, 5) is 0. The molecule has 0 saturated heterocycles. The zero-order chi connectivity index (χ0) is 11.0. The van der Waals surface area contributed by atoms with Crippen LogP contribution in [0.2, 0.25) is 0 Å². The van der Waals surface area contributed by atoms with Gasteiger partial charge in [0.25, 0.3) is 0 Å². The molecule has 0 spiro atoms. The van der Waals surface area contributed by atoms with Crippen molar-refractivity contribution in [1.82, 2.24) is 0 Å². The third-order valence-corrected chi connectivity index (χ3v) is 1.30. The largest absolute Gasteiger partial charge is 0.508 e. The summed E-state index contributed by atoms with van der Waals surface area (Å²) in [5.74, 6) is -0.437. The first-order valence-corrected chi connectivity index (χ1v) is 4.39. The highest BCUT2D eigenvalue weighted by atomic mass is 16.5. The first-order chi connectivity index (χ1) is 6.60. The summed E-state index contributed by atoms with van der Waals surface area (Å²) in [6, 6.07) is 3.42. The average Bonchev–Trinajstić information content (AvgIpc) is 2.03. The first-order valence-electron chi connectivity index (χ1n) is 4.39. The van der Waals surface area contributed by atoms with Crippen LogP contribution in [0.4, 0.5) is 0 Å². The summed E-state index contributed by atoms with van der Waals surface area (Å²) < 4.78 is 4.83.